The van der Waals surface area contributed by atoms with E-state index in [4.69, 9.17) is 11.5 Å². The topological polar surface area (TPSA) is 106 Å². The van der Waals surface area contributed by atoms with E-state index in [0.29, 0.717) is 24.6 Å². The van der Waals surface area contributed by atoms with Crippen LogP contribution in [0.4, 0.5) is 0 Å². The predicted octanol–water partition coefficient (Wildman–Crippen LogP) is 0.842. The van der Waals surface area contributed by atoms with Crippen molar-refractivity contribution in [2.45, 2.75) is 37.1 Å². The molecule has 1 heterocycles. The van der Waals surface area contributed by atoms with Crippen molar-refractivity contribution in [1.82, 2.24) is 4.31 Å². The minimum absolute atomic E-state index is 0.0770. The zero-order valence-electron chi connectivity index (χ0n) is 13.2. The maximum absolute atomic E-state index is 12.9. The summed E-state index contributed by atoms with van der Waals surface area (Å²) in [7, 11) is -3.62. The summed E-state index contributed by atoms with van der Waals surface area (Å²) in [5, 5.41) is 0. The van der Waals surface area contributed by atoms with E-state index in [1.165, 1.54) is 10.4 Å². The van der Waals surface area contributed by atoms with E-state index in [-0.39, 0.29) is 22.4 Å². The van der Waals surface area contributed by atoms with Gasteiger partial charge in [-0.1, -0.05) is 12.5 Å². The van der Waals surface area contributed by atoms with Crippen molar-refractivity contribution in [3.8, 4) is 0 Å². The lowest BCUT2D eigenvalue weighted by atomic mass is 9.78. The summed E-state index contributed by atoms with van der Waals surface area (Å²) in [6.45, 7) is 2.72. The lowest BCUT2D eigenvalue weighted by molar-refractivity contribution is 0.0999. The Morgan fingerprint density at radius 2 is 2.00 bits per heavy atom. The number of benzene rings is 1. The molecule has 2 aliphatic rings. The summed E-state index contributed by atoms with van der Waals surface area (Å²) >= 11 is 0. The Kier molecular flexibility index (Phi) is 4.20. The first kappa shape index (κ1) is 16.4. The molecule has 1 aromatic rings. The number of nitrogens with two attached hydrogens (primary N) is 2. The smallest absolute Gasteiger partial charge is 0.249 e. The third-order valence-corrected chi connectivity index (χ3v) is 7.06. The summed E-state index contributed by atoms with van der Waals surface area (Å²) in [6, 6.07) is 4.63. The van der Waals surface area contributed by atoms with Crippen molar-refractivity contribution in [3.63, 3.8) is 0 Å². The Bertz CT molecular complexity index is 732. The number of hydrogen-bond acceptors (Lipinski definition) is 4. The van der Waals surface area contributed by atoms with Crippen LogP contribution in [0.2, 0.25) is 0 Å². The highest BCUT2D eigenvalue weighted by Crippen LogP contribution is 2.37. The fourth-order valence-corrected chi connectivity index (χ4v) is 5.41. The highest BCUT2D eigenvalue weighted by molar-refractivity contribution is 7.89. The van der Waals surface area contributed by atoms with Gasteiger partial charge in [0.05, 0.1) is 4.90 Å². The van der Waals surface area contributed by atoms with Gasteiger partial charge in [0.2, 0.25) is 15.9 Å². The number of fused-ring (bicyclic) bond motifs is 1. The zero-order valence-corrected chi connectivity index (χ0v) is 14.1. The molecule has 126 valence electrons. The van der Waals surface area contributed by atoms with Crippen LogP contribution < -0.4 is 11.5 Å². The van der Waals surface area contributed by atoms with Gasteiger partial charge >= 0.3 is 0 Å². The Balaban J connectivity index is 1.91. The molecule has 0 spiro atoms. The molecule has 6 nitrogen and oxygen atoms in total. The molecule has 2 fully saturated rings. The molecule has 4 N–H and O–H groups in total. The number of sulfonamides is 1. The van der Waals surface area contributed by atoms with Gasteiger partial charge in [0, 0.05) is 24.7 Å². The summed E-state index contributed by atoms with van der Waals surface area (Å²) in [5.41, 5.74) is 12.4. The highest BCUT2D eigenvalue weighted by Gasteiger charge is 2.43. The van der Waals surface area contributed by atoms with Crippen LogP contribution in [0.5, 0.6) is 0 Å². The van der Waals surface area contributed by atoms with E-state index in [1.54, 1.807) is 19.1 Å². The predicted molar refractivity (Wildman–Crippen MR) is 87.3 cm³/mol. The Morgan fingerprint density at radius 3 is 2.65 bits per heavy atom. The molecule has 1 saturated heterocycles. The van der Waals surface area contributed by atoms with Crippen molar-refractivity contribution in [2.24, 2.45) is 23.3 Å². The highest BCUT2D eigenvalue weighted by atomic mass is 32.2. The second kappa shape index (κ2) is 5.89. The summed E-state index contributed by atoms with van der Waals surface area (Å²) in [6.07, 6.45) is 3.06. The number of amides is 1. The average Bonchev–Trinajstić information content (AvgIpc) is 2.93. The van der Waals surface area contributed by atoms with Crippen molar-refractivity contribution in [2.75, 3.05) is 13.1 Å². The molecule has 23 heavy (non-hydrogen) atoms. The maximum Gasteiger partial charge on any atom is 0.249 e. The molecule has 1 amide bonds. The van der Waals surface area contributed by atoms with Crippen LogP contribution in [0.25, 0.3) is 0 Å². The molecule has 1 aliphatic heterocycles. The first-order chi connectivity index (χ1) is 10.8. The van der Waals surface area contributed by atoms with Gasteiger partial charge in [-0.25, -0.2) is 8.42 Å². The van der Waals surface area contributed by atoms with E-state index in [0.717, 1.165) is 19.3 Å². The van der Waals surface area contributed by atoms with E-state index >= 15 is 0 Å². The number of carbonyl (C=O) groups excluding carboxylic acids is 1. The number of primary amides is 1. The molecule has 0 radical (unpaired) electrons. The Morgan fingerprint density at radius 1 is 1.26 bits per heavy atom. The molecule has 1 saturated carbocycles. The average molecular weight is 337 g/mol. The van der Waals surface area contributed by atoms with Crippen LogP contribution >= 0.6 is 0 Å². The number of nitrogens with zero attached hydrogens (tertiary/aromatic N) is 1. The Hall–Kier alpha value is -1.44. The van der Waals surface area contributed by atoms with Gasteiger partial charge in [0.25, 0.3) is 0 Å². The monoisotopic (exact) mass is 337 g/mol. The van der Waals surface area contributed by atoms with E-state index in [1.807, 2.05) is 0 Å². The largest absolute Gasteiger partial charge is 0.366 e. The minimum atomic E-state index is -3.62. The molecule has 1 aromatic carbocycles. The van der Waals surface area contributed by atoms with Crippen molar-refractivity contribution >= 4 is 15.9 Å². The van der Waals surface area contributed by atoms with E-state index in [2.05, 4.69) is 0 Å². The van der Waals surface area contributed by atoms with Gasteiger partial charge in [-0.15, -0.1) is 0 Å². The van der Waals surface area contributed by atoms with Gasteiger partial charge in [-0.2, -0.15) is 4.31 Å². The normalized spacial score (nSPS) is 28.5. The number of hydrogen-bond donors (Lipinski definition) is 2. The van der Waals surface area contributed by atoms with Crippen molar-refractivity contribution < 1.29 is 13.2 Å². The maximum atomic E-state index is 12.9. The number of aryl methyl sites for hydroxylation is 1. The third kappa shape index (κ3) is 2.88. The second-order valence-electron chi connectivity index (χ2n) is 6.68. The lowest BCUT2D eigenvalue weighted by Gasteiger charge is -2.29. The van der Waals surface area contributed by atoms with Gasteiger partial charge in [0.15, 0.2) is 0 Å². The molecule has 0 bridgehead atoms. The second-order valence-corrected chi connectivity index (χ2v) is 8.62. The van der Waals surface area contributed by atoms with E-state index < -0.39 is 15.9 Å². The first-order valence-corrected chi connectivity index (χ1v) is 9.41. The lowest BCUT2D eigenvalue weighted by Crippen LogP contribution is -2.38. The van der Waals surface area contributed by atoms with Crippen LogP contribution in [-0.4, -0.2) is 37.8 Å². The zero-order chi connectivity index (χ0) is 16.8. The number of rotatable bonds is 3. The fourth-order valence-electron chi connectivity index (χ4n) is 3.85. The molecule has 3 rings (SSSR count). The van der Waals surface area contributed by atoms with Gasteiger partial charge in [0.1, 0.15) is 0 Å². The molecular formula is C16H23N3O3S. The molecule has 0 aromatic heterocycles. The molecule has 7 heteroatoms. The molecule has 3 atom stereocenters. The quantitative estimate of drug-likeness (QED) is 0.852. The van der Waals surface area contributed by atoms with Crippen LogP contribution in [0.15, 0.2) is 23.1 Å². The SMILES string of the molecule is Cc1ccc(S(=O)(=O)N2CC3CCCC(N)C3C2)cc1C(N)=O. The van der Waals surface area contributed by atoms with Crippen LogP contribution in [0.1, 0.15) is 35.2 Å². The Labute approximate surface area is 136 Å². The summed E-state index contributed by atoms with van der Waals surface area (Å²) < 4.78 is 27.3. The molecular weight excluding hydrogens is 314 g/mol. The van der Waals surface area contributed by atoms with Crippen molar-refractivity contribution in [1.29, 1.82) is 0 Å². The first-order valence-electron chi connectivity index (χ1n) is 7.97. The van der Waals surface area contributed by atoms with Gasteiger partial charge < -0.3 is 11.5 Å². The van der Waals surface area contributed by atoms with Gasteiger partial charge in [-0.05, 0) is 49.3 Å². The standard InChI is InChI=1S/C16H23N3O3S/c1-10-5-6-12(7-13(10)16(18)20)23(21,22)19-8-11-3-2-4-15(17)14(11)9-19/h5-7,11,14-15H,2-4,8-9,17H2,1H3,(H2,18,20). The van der Waals surface area contributed by atoms with Crippen LogP contribution in [0.3, 0.4) is 0 Å². The van der Waals surface area contributed by atoms with Crippen LogP contribution in [-0.2, 0) is 10.0 Å². The molecule has 3 unspecified atom stereocenters. The van der Waals surface area contributed by atoms with Crippen LogP contribution in [0, 0.1) is 18.8 Å². The minimum Gasteiger partial charge on any atom is -0.366 e. The summed E-state index contributed by atoms with van der Waals surface area (Å²) in [5.74, 6) is -0.0363. The van der Waals surface area contributed by atoms with E-state index in [9.17, 15) is 13.2 Å². The number of carbonyl (C=O) groups is 1. The third-order valence-electron chi connectivity index (χ3n) is 5.23. The molecule has 1 aliphatic carbocycles. The van der Waals surface area contributed by atoms with Crippen molar-refractivity contribution in [3.05, 3.63) is 29.3 Å². The van der Waals surface area contributed by atoms with Gasteiger partial charge in [-0.3, -0.25) is 4.79 Å². The fraction of sp³-hybridized carbons (Fsp3) is 0.562. The summed E-state index contributed by atoms with van der Waals surface area (Å²) in [4.78, 5) is 11.6.